The highest BCUT2D eigenvalue weighted by molar-refractivity contribution is 5.92. The Balaban J connectivity index is 2.75. The molecule has 0 saturated carbocycles. The van der Waals surface area contributed by atoms with Gasteiger partial charge in [0.2, 0.25) is 5.91 Å². The van der Waals surface area contributed by atoms with Gasteiger partial charge in [-0.25, -0.2) is 4.79 Å². The van der Waals surface area contributed by atoms with E-state index >= 15 is 0 Å². The highest BCUT2D eigenvalue weighted by Gasteiger charge is 2.32. The molecule has 236 valence electrons. The Bertz CT molecular complexity index is 1060. The van der Waals surface area contributed by atoms with Gasteiger partial charge in [0.1, 0.15) is 12.4 Å². The largest absolute Gasteiger partial charge is 0.461 e. The van der Waals surface area contributed by atoms with Crippen molar-refractivity contribution in [2.75, 3.05) is 6.54 Å². The van der Waals surface area contributed by atoms with Crippen molar-refractivity contribution in [2.45, 2.75) is 113 Å². The molecule has 1 aromatic carbocycles. The average Bonchev–Trinajstić information content (AvgIpc) is 2.87. The smallest absolute Gasteiger partial charge is 0.312 e. The molecule has 0 aliphatic rings. The maximum absolute atomic E-state index is 13.3. The maximum atomic E-state index is 13.3. The number of carbonyl (C=O) groups excluding carboxylic acids is 5. The average molecular weight is 588 g/mol. The minimum Gasteiger partial charge on any atom is -0.461 e. The number of hydrogen-bond acceptors (Lipinski definition) is 6. The van der Waals surface area contributed by atoms with Gasteiger partial charge in [-0.1, -0.05) is 72.7 Å². The molecular formula is C33H53N3O6. The van der Waals surface area contributed by atoms with Crippen molar-refractivity contribution in [3.8, 4) is 0 Å². The van der Waals surface area contributed by atoms with Gasteiger partial charge in [-0.2, -0.15) is 0 Å². The van der Waals surface area contributed by atoms with Gasteiger partial charge in [0.15, 0.2) is 5.78 Å². The SMILES string of the molecule is CC(=O)C[C@@H](C(=O)N[C@H](CCCNC(N)=O)C(=O)Cc1ccc(COC(=O)CCCC(C)(C)C(C)(C)C)cc1)C(C)C. The summed E-state index contributed by atoms with van der Waals surface area (Å²) in [6, 6.07) is 5.85. The van der Waals surface area contributed by atoms with Crippen LogP contribution in [0, 0.1) is 22.7 Å². The lowest BCUT2D eigenvalue weighted by Gasteiger charge is -2.39. The van der Waals surface area contributed by atoms with Crippen LogP contribution in [0.4, 0.5) is 4.79 Å². The number of ketones is 2. The number of primary amides is 1. The first-order chi connectivity index (χ1) is 19.4. The molecule has 0 saturated heterocycles. The topological polar surface area (TPSA) is 145 Å². The molecular weight excluding hydrogens is 534 g/mol. The van der Waals surface area contributed by atoms with Gasteiger partial charge in [0, 0.05) is 31.7 Å². The molecule has 0 unspecified atom stereocenters. The Hall–Kier alpha value is -3.23. The fourth-order valence-electron chi connectivity index (χ4n) is 4.41. The molecule has 0 aliphatic heterocycles. The van der Waals surface area contributed by atoms with Crippen LogP contribution in [0.25, 0.3) is 0 Å². The summed E-state index contributed by atoms with van der Waals surface area (Å²) in [5, 5.41) is 5.34. The van der Waals surface area contributed by atoms with E-state index in [0.717, 1.165) is 24.0 Å². The summed E-state index contributed by atoms with van der Waals surface area (Å²) in [7, 11) is 0. The standard InChI is InChI=1S/C33H53N3O6/c1-22(2)26(19-23(3)37)30(40)36-27(11-10-18-35-31(34)41)28(38)20-24-13-15-25(16-14-24)21-42-29(39)12-9-17-33(7,8)32(4,5)6/h13-16,22,26-27H,9-12,17-21H2,1-8H3,(H,36,40)(H3,34,35,41)/t26-,27-/m1/s1. The quantitative estimate of drug-likeness (QED) is 0.158. The number of esters is 1. The van der Waals surface area contributed by atoms with Crippen LogP contribution in [0.3, 0.4) is 0 Å². The predicted molar refractivity (Wildman–Crippen MR) is 164 cm³/mol. The van der Waals surface area contributed by atoms with Gasteiger partial charge in [0.25, 0.3) is 0 Å². The van der Waals surface area contributed by atoms with E-state index in [1.807, 2.05) is 38.1 Å². The fraction of sp³-hybridized carbons (Fsp3) is 0.667. The zero-order valence-corrected chi connectivity index (χ0v) is 26.9. The molecule has 3 amide bonds. The number of ether oxygens (including phenoxy) is 1. The van der Waals surface area contributed by atoms with Crippen LogP contribution < -0.4 is 16.4 Å². The predicted octanol–water partition coefficient (Wildman–Crippen LogP) is 5.27. The lowest BCUT2D eigenvalue weighted by molar-refractivity contribution is -0.145. The molecule has 0 spiro atoms. The Morgan fingerprint density at radius 2 is 1.52 bits per heavy atom. The third-order valence-corrected chi connectivity index (χ3v) is 8.34. The van der Waals surface area contributed by atoms with E-state index in [0.29, 0.717) is 19.3 Å². The number of rotatable bonds is 18. The van der Waals surface area contributed by atoms with Crippen molar-refractivity contribution >= 4 is 29.5 Å². The van der Waals surface area contributed by atoms with E-state index in [4.69, 9.17) is 10.5 Å². The van der Waals surface area contributed by atoms with E-state index in [-0.39, 0.29) is 66.2 Å². The van der Waals surface area contributed by atoms with Crippen molar-refractivity contribution < 1.29 is 28.7 Å². The van der Waals surface area contributed by atoms with Crippen LogP contribution in [0.15, 0.2) is 24.3 Å². The molecule has 0 bridgehead atoms. The molecule has 9 heteroatoms. The van der Waals surface area contributed by atoms with Gasteiger partial charge in [-0.05, 0) is 60.5 Å². The van der Waals surface area contributed by atoms with Crippen molar-refractivity contribution in [3.05, 3.63) is 35.4 Å². The summed E-state index contributed by atoms with van der Waals surface area (Å²) in [6.45, 7) is 16.7. The molecule has 0 fully saturated rings. The van der Waals surface area contributed by atoms with Crippen molar-refractivity contribution in [2.24, 2.45) is 28.4 Å². The number of nitrogens with two attached hydrogens (primary N) is 1. The molecule has 4 N–H and O–H groups in total. The Morgan fingerprint density at radius 3 is 2.05 bits per heavy atom. The number of amides is 3. The van der Waals surface area contributed by atoms with Gasteiger partial charge in [-0.3, -0.25) is 14.4 Å². The second-order valence-corrected chi connectivity index (χ2v) is 13.4. The highest BCUT2D eigenvalue weighted by Crippen LogP contribution is 2.41. The zero-order chi connectivity index (χ0) is 32.1. The van der Waals surface area contributed by atoms with E-state index in [1.54, 1.807) is 0 Å². The molecule has 9 nitrogen and oxygen atoms in total. The van der Waals surface area contributed by atoms with E-state index in [1.165, 1.54) is 6.92 Å². The van der Waals surface area contributed by atoms with Crippen LogP contribution in [0.5, 0.6) is 0 Å². The van der Waals surface area contributed by atoms with Crippen LogP contribution in [0.1, 0.15) is 105 Å². The summed E-state index contributed by atoms with van der Waals surface area (Å²) in [5.74, 6) is -1.43. The molecule has 1 rings (SSSR count). The third-order valence-electron chi connectivity index (χ3n) is 8.34. The number of urea groups is 1. The van der Waals surface area contributed by atoms with Crippen molar-refractivity contribution in [1.29, 1.82) is 0 Å². The van der Waals surface area contributed by atoms with E-state index < -0.39 is 18.0 Å². The summed E-state index contributed by atoms with van der Waals surface area (Å²) >= 11 is 0. The van der Waals surface area contributed by atoms with E-state index in [9.17, 15) is 24.0 Å². The Kier molecular flexibility index (Phi) is 14.9. The molecule has 0 radical (unpaired) electrons. The van der Waals surface area contributed by atoms with Gasteiger partial charge in [-0.15, -0.1) is 0 Å². The second kappa shape index (κ2) is 17.0. The minimum atomic E-state index is -0.774. The lowest BCUT2D eigenvalue weighted by atomic mass is 9.67. The first-order valence-electron chi connectivity index (χ1n) is 15.0. The molecule has 1 aromatic rings. The second-order valence-electron chi connectivity index (χ2n) is 13.4. The van der Waals surface area contributed by atoms with Crippen LogP contribution in [-0.2, 0) is 36.9 Å². The van der Waals surface area contributed by atoms with Crippen LogP contribution in [-0.4, -0.2) is 42.1 Å². The molecule has 0 aromatic heterocycles. The monoisotopic (exact) mass is 587 g/mol. The lowest BCUT2D eigenvalue weighted by Crippen LogP contribution is -2.46. The van der Waals surface area contributed by atoms with Crippen molar-refractivity contribution in [1.82, 2.24) is 10.6 Å². The highest BCUT2D eigenvalue weighted by atomic mass is 16.5. The maximum Gasteiger partial charge on any atom is 0.312 e. The Labute approximate surface area is 252 Å². The number of Topliss-reactive ketones (excluding diaryl/α,β-unsaturated/α-hetero) is 2. The van der Waals surface area contributed by atoms with Crippen LogP contribution >= 0.6 is 0 Å². The zero-order valence-electron chi connectivity index (χ0n) is 26.9. The number of hydrogen-bond donors (Lipinski definition) is 3. The summed E-state index contributed by atoms with van der Waals surface area (Å²) in [4.78, 5) is 61.2. The first kappa shape index (κ1) is 36.8. The van der Waals surface area contributed by atoms with Gasteiger partial charge in [0.05, 0.1) is 6.04 Å². The summed E-state index contributed by atoms with van der Waals surface area (Å²) in [6.07, 6.45) is 3.04. The molecule has 0 aliphatic carbocycles. The fourth-order valence-corrected chi connectivity index (χ4v) is 4.41. The van der Waals surface area contributed by atoms with Crippen molar-refractivity contribution in [3.63, 3.8) is 0 Å². The number of benzene rings is 1. The molecule has 42 heavy (non-hydrogen) atoms. The summed E-state index contributed by atoms with van der Waals surface area (Å²) < 4.78 is 5.46. The molecule has 0 heterocycles. The van der Waals surface area contributed by atoms with Crippen LogP contribution in [0.2, 0.25) is 0 Å². The van der Waals surface area contributed by atoms with E-state index in [2.05, 4.69) is 45.3 Å². The minimum absolute atomic E-state index is 0.0711. The molecule has 2 atom stereocenters. The Morgan fingerprint density at radius 1 is 0.929 bits per heavy atom. The normalized spacial score (nSPS) is 13.3. The van der Waals surface area contributed by atoms with Gasteiger partial charge < -0.3 is 25.9 Å². The number of carbonyl (C=O) groups is 5. The summed E-state index contributed by atoms with van der Waals surface area (Å²) in [5.41, 5.74) is 6.98. The first-order valence-corrected chi connectivity index (χ1v) is 15.0. The number of nitrogens with one attached hydrogen (secondary N) is 2. The van der Waals surface area contributed by atoms with Gasteiger partial charge >= 0.3 is 12.0 Å². The third kappa shape index (κ3) is 13.6.